The number of aliphatic hydroxyl groups is 2. The minimum atomic E-state index is -1.08. The molecule has 0 bridgehead atoms. The molecular weight excluding hydrogens is 185 g/mol. The van der Waals surface area contributed by atoms with Gasteiger partial charge in [0.05, 0.1) is 12.2 Å². The minimum Gasteiger partial charge on any atom is -0.390 e. The number of hydrogen-bond donors (Lipinski definition) is 3. The lowest BCUT2D eigenvalue weighted by Crippen LogP contribution is -2.52. The lowest BCUT2D eigenvalue weighted by molar-refractivity contribution is -0.0543. The van der Waals surface area contributed by atoms with Crippen molar-refractivity contribution in [2.24, 2.45) is 5.92 Å². The Labute approximate surface area is 77.4 Å². The summed E-state index contributed by atoms with van der Waals surface area (Å²) in [6.45, 7) is 2.19. The average molecular weight is 200 g/mol. The molecular formula is C7H15ClFNO2. The number of halogens is 2. The largest absolute Gasteiger partial charge is 0.390 e. The number of alkyl halides is 1. The van der Waals surface area contributed by atoms with Crippen LogP contribution in [0.2, 0.25) is 0 Å². The Kier molecular flexibility index (Phi) is 5.01. The van der Waals surface area contributed by atoms with Gasteiger partial charge in [-0.05, 0) is 6.92 Å². The molecule has 1 heterocycles. The fourth-order valence-corrected chi connectivity index (χ4v) is 1.36. The van der Waals surface area contributed by atoms with Crippen molar-refractivity contribution in [1.82, 2.24) is 5.32 Å². The van der Waals surface area contributed by atoms with E-state index in [2.05, 4.69) is 5.32 Å². The SMILES string of the molecule is C[C@H](F)[C@@H]1CNC[C@@H](O)[C@@H]1O.Cl. The smallest absolute Gasteiger partial charge is 0.104 e. The summed E-state index contributed by atoms with van der Waals surface area (Å²) >= 11 is 0. The fourth-order valence-electron chi connectivity index (χ4n) is 1.36. The maximum absolute atomic E-state index is 12.7. The molecule has 1 fully saturated rings. The van der Waals surface area contributed by atoms with Crippen LogP contribution in [0.3, 0.4) is 0 Å². The Hall–Kier alpha value is 0.1000. The Morgan fingerprint density at radius 1 is 1.42 bits per heavy atom. The first kappa shape index (κ1) is 12.1. The molecule has 0 aliphatic carbocycles. The van der Waals surface area contributed by atoms with E-state index in [1.54, 1.807) is 0 Å². The number of nitrogens with one attached hydrogen (secondary N) is 1. The molecule has 0 aromatic carbocycles. The van der Waals surface area contributed by atoms with Crippen LogP contribution >= 0.6 is 12.4 Å². The zero-order chi connectivity index (χ0) is 8.43. The summed E-state index contributed by atoms with van der Waals surface area (Å²) < 4.78 is 12.7. The van der Waals surface area contributed by atoms with Crippen LogP contribution in [0.15, 0.2) is 0 Å². The normalized spacial score (nSPS) is 38.5. The van der Waals surface area contributed by atoms with Crippen LogP contribution in [0, 0.1) is 5.92 Å². The van der Waals surface area contributed by atoms with Crippen LogP contribution in [0.5, 0.6) is 0 Å². The van der Waals surface area contributed by atoms with Crippen LogP contribution < -0.4 is 5.32 Å². The summed E-state index contributed by atoms with van der Waals surface area (Å²) in [6, 6.07) is 0. The third kappa shape index (κ3) is 2.55. The van der Waals surface area contributed by atoms with E-state index in [1.807, 2.05) is 0 Å². The summed E-state index contributed by atoms with van der Waals surface area (Å²) in [5.41, 5.74) is 0. The van der Waals surface area contributed by atoms with E-state index in [1.165, 1.54) is 6.92 Å². The van der Waals surface area contributed by atoms with Crippen molar-refractivity contribution in [3.05, 3.63) is 0 Å². The lowest BCUT2D eigenvalue weighted by Gasteiger charge is -2.33. The first-order valence-corrected chi connectivity index (χ1v) is 3.84. The van der Waals surface area contributed by atoms with Gasteiger partial charge >= 0.3 is 0 Å². The molecule has 0 spiro atoms. The van der Waals surface area contributed by atoms with E-state index in [0.29, 0.717) is 13.1 Å². The Morgan fingerprint density at radius 3 is 2.42 bits per heavy atom. The average Bonchev–Trinajstić information content (AvgIpc) is 1.94. The topological polar surface area (TPSA) is 52.5 Å². The van der Waals surface area contributed by atoms with Crippen molar-refractivity contribution < 1.29 is 14.6 Å². The number of β-amino-alcohol motifs (C(OH)–C–C–N with tert-alkyl or cyclic N) is 1. The highest BCUT2D eigenvalue weighted by Crippen LogP contribution is 2.17. The molecule has 3 nitrogen and oxygen atoms in total. The molecule has 3 N–H and O–H groups in total. The Bertz CT molecular complexity index is 137. The van der Waals surface area contributed by atoms with Gasteiger partial charge in [-0.2, -0.15) is 0 Å². The van der Waals surface area contributed by atoms with Crippen LogP contribution in [-0.2, 0) is 0 Å². The van der Waals surface area contributed by atoms with Gasteiger partial charge in [0.15, 0.2) is 0 Å². The summed E-state index contributed by atoms with van der Waals surface area (Å²) in [6.07, 6.45) is -2.82. The third-order valence-corrected chi connectivity index (χ3v) is 2.16. The second kappa shape index (κ2) is 4.97. The second-order valence-corrected chi connectivity index (χ2v) is 3.06. The van der Waals surface area contributed by atoms with Crippen LogP contribution in [0.25, 0.3) is 0 Å². The summed E-state index contributed by atoms with van der Waals surface area (Å²) in [4.78, 5) is 0. The van der Waals surface area contributed by atoms with Crippen LogP contribution in [0.4, 0.5) is 4.39 Å². The summed E-state index contributed by atoms with van der Waals surface area (Å²) in [5.74, 6) is -0.473. The fraction of sp³-hybridized carbons (Fsp3) is 1.00. The van der Waals surface area contributed by atoms with Gasteiger partial charge < -0.3 is 15.5 Å². The van der Waals surface area contributed by atoms with E-state index < -0.39 is 24.3 Å². The van der Waals surface area contributed by atoms with Gasteiger partial charge in [-0.1, -0.05) is 0 Å². The molecule has 1 rings (SSSR count). The second-order valence-electron chi connectivity index (χ2n) is 3.06. The molecule has 5 heteroatoms. The number of hydrogen-bond acceptors (Lipinski definition) is 3. The maximum Gasteiger partial charge on any atom is 0.104 e. The first-order valence-electron chi connectivity index (χ1n) is 3.84. The van der Waals surface area contributed by atoms with Crippen molar-refractivity contribution in [2.45, 2.75) is 25.3 Å². The molecule has 1 saturated heterocycles. The predicted molar refractivity (Wildman–Crippen MR) is 46.2 cm³/mol. The third-order valence-electron chi connectivity index (χ3n) is 2.16. The molecule has 0 amide bonds. The predicted octanol–water partition coefficient (Wildman–Crippen LogP) is -0.293. The van der Waals surface area contributed by atoms with Gasteiger partial charge in [-0.3, -0.25) is 0 Å². The van der Waals surface area contributed by atoms with Gasteiger partial charge in [0.25, 0.3) is 0 Å². The van der Waals surface area contributed by atoms with E-state index in [0.717, 1.165) is 0 Å². The van der Waals surface area contributed by atoms with Crippen molar-refractivity contribution in [1.29, 1.82) is 0 Å². The molecule has 0 unspecified atom stereocenters. The van der Waals surface area contributed by atoms with E-state index in [4.69, 9.17) is 5.11 Å². The van der Waals surface area contributed by atoms with Gasteiger partial charge in [-0.15, -0.1) is 12.4 Å². The van der Waals surface area contributed by atoms with Crippen LogP contribution in [-0.4, -0.2) is 41.7 Å². The molecule has 0 saturated carbocycles. The first-order chi connectivity index (χ1) is 5.13. The monoisotopic (exact) mass is 199 g/mol. The number of piperidine rings is 1. The van der Waals surface area contributed by atoms with Crippen molar-refractivity contribution >= 4 is 12.4 Å². The molecule has 0 radical (unpaired) electrons. The zero-order valence-electron chi connectivity index (χ0n) is 6.90. The molecule has 1 aliphatic rings. The number of aliphatic hydroxyl groups excluding tert-OH is 2. The standard InChI is InChI=1S/C7H14FNO2.ClH/c1-4(8)5-2-9-3-6(10)7(5)11;/h4-7,9-11H,2-3H2,1H3;1H/t4-,5-,6+,7+;/m0./s1. The molecule has 1 aliphatic heterocycles. The van der Waals surface area contributed by atoms with Gasteiger partial charge in [0.1, 0.15) is 6.17 Å². The Balaban J connectivity index is 0.00000121. The summed E-state index contributed by atoms with van der Waals surface area (Å²) in [7, 11) is 0. The highest BCUT2D eigenvalue weighted by atomic mass is 35.5. The van der Waals surface area contributed by atoms with E-state index in [-0.39, 0.29) is 12.4 Å². The molecule has 12 heavy (non-hydrogen) atoms. The van der Waals surface area contributed by atoms with Gasteiger partial charge in [0, 0.05) is 19.0 Å². The molecule has 4 atom stereocenters. The lowest BCUT2D eigenvalue weighted by atomic mass is 9.91. The zero-order valence-corrected chi connectivity index (χ0v) is 7.72. The number of rotatable bonds is 1. The molecule has 74 valence electrons. The quantitative estimate of drug-likeness (QED) is 0.544. The van der Waals surface area contributed by atoms with Crippen molar-refractivity contribution in [3.63, 3.8) is 0 Å². The van der Waals surface area contributed by atoms with Crippen molar-refractivity contribution in [2.75, 3.05) is 13.1 Å². The maximum atomic E-state index is 12.7. The van der Waals surface area contributed by atoms with Gasteiger partial charge in [0.2, 0.25) is 0 Å². The minimum absolute atomic E-state index is 0. The van der Waals surface area contributed by atoms with E-state index >= 15 is 0 Å². The van der Waals surface area contributed by atoms with Gasteiger partial charge in [-0.25, -0.2) is 4.39 Å². The van der Waals surface area contributed by atoms with Crippen LogP contribution in [0.1, 0.15) is 6.92 Å². The van der Waals surface area contributed by atoms with E-state index in [9.17, 15) is 9.50 Å². The highest BCUT2D eigenvalue weighted by Gasteiger charge is 2.33. The Morgan fingerprint density at radius 2 is 2.00 bits per heavy atom. The van der Waals surface area contributed by atoms with Crippen molar-refractivity contribution in [3.8, 4) is 0 Å². The molecule has 0 aromatic heterocycles. The molecule has 0 aromatic rings. The highest BCUT2D eigenvalue weighted by molar-refractivity contribution is 5.85. The summed E-state index contributed by atoms with van der Waals surface area (Å²) in [5, 5.41) is 21.2.